The van der Waals surface area contributed by atoms with E-state index in [4.69, 9.17) is 11.6 Å². The number of thioether (sulfide) groups is 1. The fourth-order valence-corrected chi connectivity index (χ4v) is 4.43. The SMILES string of the molecule is CCn1c(=O)sc2cc(NC(=O)CCSc3ccc(Cl)cc3)ccc21. The minimum Gasteiger partial charge on any atom is -0.326 e. The predicted molar refractivity (Wildman–Crippen MR) is 107 cm³/mol. The van der Waals surface area contributed by atoms with Crippen LogP contribution >= 0.6 is 34.7 Å². The molecule has 0 saturated carbocycles. The zero-order valence-electron chi connectivity index (χ0n) is 13.6. The van der Waals surface area contributed by atoms with Crippen molar-refractivity contribution in [2.24, 2.45) is 0 Å². The highest BCUT2D eigenvalue weighted by Crippen LogP contribution is 2.23. The maximum absolute atomic E-state index is 12.1. The quantitative estimate of drug-likeness (QED) is 0.609. The predicted octanol–water partition coefficient (Wildman–Crippen LogP) is 4.86. The van der Waals surface area contributed by atoms with E-state index in [0.717, 1.165) is 20.8 Å². The molecule has 1 amide bonds. The highest BCUT2D eigenvalue weighted by molar-refractivity contribution is 7.99. The summed E-state index contributed by atoms with van der Waals surface area (Å²) in [6.07, 6.45) is 0.414. The number of halogens is 1. The van der Waals surface area contributed by atoms with E-state index in [1.54, 1.807) is 16.3 Å². The topological polar surface area (TPSA) is 51.1 Å². The van der Waals surface area contributed by atoms with Crippen LogP contribution in [0.3, 0.4) is 0 Å². The molecule has 0 spiro atoms. The second-order valence-electron chi connectivity index (χ2n) is 5.40. The Kier molecular flexibility index (Phi) is 5.83. The summed E-state index contributed by atoms with van der Waals surface area (Å²) >= 11 is 8.67. The third kappa shape index (κ3) is 4.45. The van der Waals surface area contributed by atoms with Gasteiger partial charge < -0.3 is 5.32 Å². The van der Waals surface area contributed by atoms with E-state index in [-0.39, 0.29) is 10.8 Å². The summed E-state index contributed by atoms with van der Waals surface area (Å²) < 4.78 is 2.62. The van der Waals surface area contributed by atoms with Crippen LogP contribution in [-0.4, -0.2) is 16.2 Å². The number of aromatic nitrogens is 1. The normalized spacial score (nSPS) is 11.0. The maximum Gasteiger partial charge on any atom is 0.308 e. The van der Waals surface area contributed by atoms with Crippen molar-refractivity contribution >= 4 is 56.5 Å². The van der Waals surface area contributed by atoms with Crippen molar-refractivity contribution in [3.05, 3.63) is 57.2 Å². The first-order chi connectivity index (χ1) is 12.1. The van der Waals surface area contributed by atoms with E-state index in [1.165, 1.54) is 11.3 Å². The Morgan fingerprint density at radius 3 is 2.72 bits per heavy atom. The third-order valence-electron chi connectivity index (χ3n) is 3.68. The van der Waals surface area contributed by atoms with Crippen LogP contribution in [0.2, 0.25) is 5.02 Å². The van der Waals surface area contributed by atoms with Crippen LogP contribution in [0.15, 0.2) is 52.2 Å². The number of hydrogen-bond acceptors (Lipinski definition) is 4. The van der Waals surface area contributed by atoms with Gasteiger partial charge in [-0.1, -0.05) is 22.9 Å². The average Bonchev–Trinajstić information content (AvgIpc) is 2.91. The van der Waals surface area contributed by atoms with E-state index in [2.05, 4.69) is 5.32 Å². The second kappa shape index (κ2) is 8.08. The summed E-state index contributed by atoms with van der Waals surface area (Å²) in [5.74, 6) is 0.651. The minimum absolute atomic E-state index is 0.0281. The third-order valence-corrected chi connectivity index (χ3v) is 5.89. The minimum atomic E-state index is -0.0388. The van der Waals surface area contributed by atoms with E-state index < -0.39 is 0 Å². The van der Waals surface area contributed by atoms with Crippen LogP contribution in [0, 0.1) is 0 Å². The van der Waals surface area contributed by atoms with Crippen LogP contribution in [0.4, 0.5) is 5.69 Å². The van der Waals surface area contributed by atoms with Crippen molar-refractivity contribution in [3.63, 3.8) is 0 Å². The molecule has 0 bridgehead atoms. The number of rotatable bonds is 6. The summed E-state index contributed by atoms with van der Waals surface area (Å²) in [5, 5.41) is 3.60. The molecule has 1 N–H and O–H groups in total. The molecule has 3 rings (SSSR count). The molecule has 0 aliphatic carbocycles. The van der Waals surface area contributed by atoms with Gasteiger partial charge in [-0.3, -0.25) is 14.2 Å². The van der Waals surface area contributed by atoms with Crippen LogP contribution in [-0.2, 0) is 11.3 Å². The van der Waals surface area contributed by atoms with E-state index in [1.807, 2.05) is 49.4 Å². The van der Waals surface area contributed by atoms with Gasteiger partial charge in [-0.2, -0.15) is 0 Å². The smallest absolute Gasteiger partial charge is 0.308 e. The molecular weight excluding hydrogens is 376 g/mol. The summed E-state index contributed by atoms with van der Waals surface area (Å²) in [6, 6.07) is 13.1. The van der Waals surface area contributed by atoms with E-state index in [9.17, 15) is 9.59 Å². The fourth-order valence-electron chi connectivity index (χ4n) is 2.46. The number of hydrogen-bond donors (Lipinski definition) is 1. The molecule has 0 atom stereocenters. The lowest BCUT2D eigenvalue weighted by atomic mass is 10.3. The molecular formula is C18H17ClN2O2S2. The Bertz CT molecular complexity index is 948. The molecule has 7 heteroatoms. The lowest BCUT2D eigenvalue weighted by Gasteiger charge is -2.06. The van der Waals surface area contributed by atoms with Crippen molar-refractivity contribution in [3.8, 4) is 0 Å². The Labute approximate surface area is 158 Å². The molecule has 4 nitrogen and oxygen atoms in total. The van der Waals surface area contributed by atoms with Gasteiger partial charge >= 0.3 is 4.87 Å². The molecule has 0 saturated heterocycles. The van der Waals surface area contributed by atoms with Crippen LogP contribution < -0.4 is 10.2 Å². The second-order valence-corrected chi connectivity index (χ2v) is 7.99. The fraction of sp³-hybridized carbons (Fsp3) is 0.222. The number of thiazole rings is 1. The molecule has 0 aliphatic rings. The van der Waals surface area contributed by atoms with Crippen LogP contribution in [0.25, 0.3) is 10.2 Å². The van der Waals surface area contributed by atoms with E-state index >= 15 is 0 Å². The number of aryl methyl sites for hydroxylation is 1. The standard InChI is InChI=1S/C18H17ClN2O2S2/c1-2-21-15-8-5-13(11-16(15)25-18(21)23)20-17(22)9-10-24-14-6-3-12(19)4-7-14/h3-8,11H,2,9-10H2,1H3,(H,20,22). The summed E-state index contributed by atoms with van der Waals surface area (Å²) in [4.78, 5) is 25.1. The largest absolute Gasteiger partial charge is 0.326 e. The van der Waals surface area contributed by atoms with E-state index in [0.29, 0.717) is 23.7 Å². The average molecular weight is 393 g/mol. The number of carbonyl (C=O) groups excluding carboxylic acids is 1. The number of nitrogens with one attached hydrogen (secondary N) is 1. The van der Waals surface area contributed by atoms with Gasteiger partial charge in [0.1, 0.15) is 0 Å². The van der Waals surface area contributed by atoms with Gasteiger partial charge in [-0.25, -0.2) is 0 Å². The molecule has 2 aromatic carbocycles. The first-order valence-electron chi connectivity index (χ1n) is 7.88. The Hall–Kier alpha value is -1.76. The monoisotopic (exact) mass is 392 g/mol. The van der Waals surface area contributed by atoms with Gasteiger partial charge in [0, 0.05) is 34.3 Å². The first kappa shape index (κ1) is 18.0. The molecule has 1 aromatic heterocycles. The molecule has 0 radical (unpaired) electrons. The molecule has 1 heterocycles. The van der Waals surface area contributed by atoms with Gasteiger partial charge in [-0.05, 0) is 49.4 Å². The highest BCUT2D eigenvalue weighted by atomic mass is 35.5. The number of nitrogens with zero attached hydrogens (tertiary/aromatic N) is 1. The van der Waals surface area contributed by atoms with Gasteiger partial charge in [0.25, 0.3) is 0 Å². The highest BCUT2D eigenvalue weighted by Gasteiger charge is 2.08. The molecule has 0 fully saturated rings. The van der Waals surface area contributed by atoms with Gasteiger partial charge in [0.15, 0.2) is 0 Å². The van der Waals surface area contributed by atoms with Crippen LogP contribution in [0.5, 0.6) is 0 Å². The molecule has 130 valence electrons. The number of fused-ring (bicyclic) bond motifs is 1. The number of anilines is 1. The summed E-state index contributed by atoms with van der Waals surface area (Å²) in [7, 11) is 0. The van der Waals surface area contributed by atoms with Crippen molar-refractivity contribution in [2.45, 2.75) is 24.8 Å². The summed E-state index contributed by atoms with van der Waals surface area (Å²) in [6.45, 7) is 2.59. The lowest BCUT2D eigenvalue weighted by molar-refractivity contribution is -0.115. The van der Waals surface area contributed by atoms with Crippen molar-refractivity contribution < 1.29 is 4.79 Å². The Morgan fingerprint density at radius 1 is 1.24 bits per heavy atom. The van der Waals surface area contributed by atoms with Gasteiger partial charge in [-0.15, -0.1) is 11.8 Å². The molecule has 3 aromatic rings. The molecule has 0 unspecified atom stereocenters. The maximum atomic E-state index is 12.1. The van der Waals surface area contributed by atoms with Crippen LogP contribution in [0.1, 0.15) is 13.3 Å². The zero-order valence-corrected chi connectivity index (χ0v) is 16.0. The molecule has 25 heavy (non-hydrogen) atoms. The zero-order chi connectivity index (χ0) is 17.8. The lowest BCUT2D eigenvalue weighted by Crippen LogP contribution is -2.12. The number of carbonyl (C=O) groups is 1. The Balaban J connectivity index is 1.58. The number of amides is 1. The molecule has 0 aliphatic heterocycles. The van der Waals surface area contributed by atoms with Crippen molar-refractivity contribution in [1.29, 1.82) is 0 Å². The first-order valence-corrected chi connectivity index (χ1v) is 10.1. The van der Waals surface area contributed by atoms with Crippen molar-refractivity contribution in [2.75, 3.05) is 11.1 Å². The van der Waals surface area contributed by atoms with Gasteiger partial charge in [0.05, 0.1) is 10.2 Å². The van der Waals surface area contributed by atoms with Gasteiger partial charge in [0.2, 0.25) is 5.91 Å². The Morgan fingerprint density at radius 2 is 2.00 bits per heavy atom. The number of benzene rings is 2. The summed E-state index contributed by atoms with van der Waals surface area (Å²) in [5.41, 5.74) is 1.63. The van der Waals surface area contributed by atoms with Crippen molar-refractivity contribution in [1.82, 2.24) is 4.57 Å².